The molecular weight excluding hydrogens is 136 g/mol. The van der Waals surface area contributed by atoms with E-state index in [1.54, 1.807) is 0 Å². The van der Waals surface area contributed by atoms with Crippen LogP contribution in [0.3, 0.4) is 0 Å². The van der Waals surface area contributed by atoms with E-state index >= 15 is 0 Å². The highest BCUT2D eigenvalue weighted by molar-refractivity contribution is 5.82. The fourth-order valence-corrected chi connectivity index (χ4v) is 1.79. The van der Waals surface area contributed by atoms with Gasteiger partial charge in [-0.15, -0.1) is 0 Å². The van der Waals surface area contributed by atoms with Crippen LogP contribution in [-0.2, 0) is 0 Å². The second-order valence-corrected chi connectivity index (χ2v) is 3.50. The first kappa shape index (κ1) is 8.57. The molecule has 1 fully saturated rings. The van der Waals surface area contributed by atoms with Crippen molar-refractivity contribution in [2.24, 2.45) is 11.8 Å². The van der Waals surface area contributed by atoms with Gasteiger partial charge in [0.2, 0.25) is 0 Å². The summed E-state index contributed by atoms with van der Waals surface area (Å²) < 4.78 is 0. The average Bonchev–Trinajstić information content (AvgIpc) is 1.97. The van der Waals surface area contributed by atoms with Gasteiger partial charge in [0.05, 0.1) is 5.84 Å². The van der Waals surface area contributed by atoms with Gasteiger partial charge in [-0.2, -0.15) is 0 Å². The largest absolute Gasteiger partial charge is 0.374 e. The van der Waals surface area contributed by atoms with Crippen LogP contribution in [0.1, 0.15) is 33.1 Å². The Morgan fingerprint density at radius 3 is 2.91 bits per heavy atom. The fraction of sp³-hybridized carbons (Fsp3) is 0.889. The van der Waals surface area contributed by atoms with Crippen molar-refractivity contribution in [2.45, 2.75) is 33.1 Å². The van der Waals surface area contributed by atoms with E-state index in [2.05, 4.69) is 19.2 Å². The van der Waals surface area contributed by atoms with Gasteiger partial charge >= 0.3 is 0 Å². The molecule has 1 aliphatic heterocycles. The molecule has 2 nitrogen and oxygen atoms in total. The monoisotopic (exact) mass is 154 g/mol. The van der Waals surface area contributed by atoms with E-state index in [1.165, 1.54) is 19.3 Å². The topological polar surface area (TPSA) is 35.9 Å². The SMILES string of the molecule is CCC[C@H]1C(=N)NCC[C@H]1C. The van der Waals surface area contributed by atoms with Crippen molar-refractivity contribution in [3.63, 3.8) is 0 Å². The summed E-state index contributed by atoms with van der Waals surface area (Å²) in [4.78, 5) is 0. The van der Waals surface area contributed by atoms with Crippen molar-refractivity contribution in [3.05, 3.63) is 0 Å². The Bertz CT molecular complexity index is 142. The molecule has 0 unspecified atom stereocenters. The molecule has 1 heterocycles. The van der Waals surface area contributed by atoms with Gasteiger partial charge in [0.1, 0.15) is 0 Å². The van der Waals surface area contributed by atoms with Crippen molar-refractivity contribution in [1.82, 2.24) is 5.32 Å². The molecule has 1 aliphatic rings. The van der Waals surface area contributed by atoms with Crippen molar-refractivity contribution in [3.8, 4) is 0 Å². The lowest BCUT2D eigenvalue weighted by atomic mass is 9.84. The number of hydrogen-bond acceptors (Lipinski definition) is 1. The molecule has 0 spiro atoms. The minimum Gasteiger partial charge on any atom is -0.374 e. The summed E-state index contributed by atoms with van der Waals surface area (Å²) >= 11 is 0. The molecule has 2 heteroatoms. The highest BCUT2D eigenvalue weighted by atomic mass is 15.0. The van der Waals surface area contributed by atoms with Gasteiger partial charge < -0.3 is 5.32 Å². The van der Waals surface area contributed by atoms with Crippen molar-refractivity contribution in [2.75, 3.05) is 6.54 Å². The highest BCUT2D eigenvalue weighted by Crippen LogP contribution is 2.23. The minimum atomic E-state index is 0.508. The van der Waals surface area contributed by atoms with E-state index in [9.17, 15) is 0 Å². The number of nitrogens with one attached hydrogen (secondary N) is 2. The smallest absolute Gasteiger partial charge is 0.0965 e. The van der Waals surface area contributed by atoms with Gasteiger partial charge in [-0.3, -0.25) is 5.41 Å². The number of rotatable bonds is 2. The van der Waals surface area contributed by atoms with Crippen LogP contribution in [0.4, 0.5) is 0 Å². The molecule has 0 saturated carbocycles. The molecule has 0 aromatic carbocycles. The molecule has 0 bridgehead atoms. The van der Waals surface area contributed by atoms with Crippen molar-refractivity contribution >= 4 is 5.84 Å². The Kier molecular flexibility index (Phi) is 2.92. The predicted octanol–water partition coefficient (Wildman–Crippen LogP) is 2.01. The first-order valence-electron chi connectivity index (χ1n) is 4.58. The molecular formula is C9H18N2. The van der Waals surface area contributed by atoms with Gasteiger partial charge in [0.15, 0.2) is 0 Å². The minimum absolute atomic E-state index is 0.508. The zero-order valence-electron chi connectivity index (χ0n) is 7.48. The third kappa shape index (κ3) is 1.95. The van der Waals surface area contributed by atoms with E-state index < -0.39 is 0 Å². The van der Waals surface area contributed by atoms with Crippen LogP contribution in [-0.4, -0.2) is 12.4 Å². The summed E-state index contributed by atoms with van der Waals surface area (Å²) in [6, 6.07) is 0. The van der Waals surface area contributed by atoms with Crippen LogP contribution in [0.15, 0.2) is 0 Å². The molecule has 2 N–H and O–H groups in total. The Balaban J connectivity index is 2.48. The fourth-order valence-electron chi connectivity index (χ4n) is 1.79. The predicted molar refractivity (Wildman–Crippen MR) is 47.9 cm³/mol. The number of hydrogen-bond donors (Lipinski definition) is 2. The maximum absolute atomic E-state index is 7.67. The Labute approximate surface area is 68.9 Å². The molecule has 11 heavy (non-hydrogen) atoms. The van der Waals surface area contributed by atoms with Crippen LogP contribution in [0.5, 0.6) is 0 Å². The average molecular weight is 154 g/mol. The van der Waals surface area contributed by atoms with E-state index in [-0.39, 0.29) is 0 Å². The number of amidine groups is 1. The van der Waals surface area contributed by atoms with Crippen LogP contribution in [0, 0.1) is 17.2 Å². The zero-order chi connectivity index (χ0) is 8.27. The molecule has 0 radical (unpaired) electrons. The van der Waals surface area contributed by atoms with E-state index in [0.717, 1.165) is 12.4 Å². The first-order chi connectivity index (χ1) is 5.25. The van der Waals surface area contributed by atoms with Crippen LogP contribution >= 0.6 is 0 Å². The molecule has 0 aromatic rings. The van der Waals surface area contributed by atoms with E-state index in [0.29, 0.717) is 11.8 Å². The molecule has 1 rings (SSSR count). The second kappa shape index (κ2) is 3.74. The van der Waals surface area contributed by atoms with Gasteiger partial charge in [-0.05, 0) is 18.8 Å². The quantitative estimate of drug-likeness (QED) is 0.627. The molecule has 1 saturated heterocycles. The molecule has 2 atom stereocenters. The lowest BCUT2D eigenvalue weighted by Crippen LogP contribution is -2.40. The molecule has 0 aliphatic carbocycles. The van der Waals surface area contributed by atoms with Crippen LogP contribution in [0.25, 0.3) is 0 Å². The third-order valence-corrected chi connectivity index (χ3v) is 2.57. The van der Waals surface area contributed by atoms with Gasteiger partial charge in [-0.25, -0.2) is 0 Å². The summed E-state index contributed by atoms with van der Waals surface area (Å²) in [5.41, 5.74) is 0. The van der Waals surface area contributed by atoms with E-state index in [1.807, 2.05) is 0 Å². The third-order valence-electron chi connectivity index (χ3n) is 2.57. The summed E-state index contributed by atoms with van der Waals surface area (Å²) in [6.45, 7) is 5.45. The maximum Gasteiger partial charge on any atom is 0.0965 e. The maximum atomic E-state index is 7.67. The van der Waals surface area contributed by atoms with Crippen LogP contribution < -0.4 is 5.32 Å². The zero-order valence-corrected chi connectivity index (χ0v) is 7.48. The Hall–Kier alpha value is -0.530. The lowest BCUT2D eigenvalue weighted by Gasteiger charge is -2.30. The molecule has 0 amide bonds. The van der Waals surface area contributed by atoms with Gasteiger partial charge in [0, 0.05) is 12.5 Å². The van der Waals surface area contributed by atoms with Crippen molar-refractivity contribution < 1.29 is 0 Å². The normalized spacial score (nSPS) is 31.6. The van der Waals surface area contributed by atoms with E-state index in [4.69, 9.17) is 5.41 Å². The Morgan fingerprint density at radius 1 is 1.64 bits per heavy atom. The standard InChI is InChI=1S/C9H18N2/c1-3-4-8-7(2)5-6-11-9(8)10/h7-8H,3-6H2,1-2H3,(H2,10,11)/t7-,8-/m1/s1. The lowest BCUT2D eigenvalue weighted by molar-refractivity contribution is 0.361. The summed E-state index contributed by atoms with van der Waals surface area (Å²) in [5.74, 6) is 1.99. The van der Waals surface area contributed by atoms with Crippen molar-refractivity contribution in [1.29, 1.82) is 5.41 Å². The van der Waals surface area contributed by atoms with Gasteiger partial charge in [-0.1, -0.05) is 20.3 Å². The Morgan fingerprint density at radius 2 is 2.36 bits per heavy atom. The molecule has 0 aromatic heterocycles. The van der Waals surface area contributed by atoms with Crippen LogP contribution in [0.2, 0.25) is 0 Å². The van der Waals surface area contributed by atoms with Gasteiger partial charge in [0.25, 0.3) is 0 Å². The molecule has 64 valence electrons. The highest BCUT2D eigenvalue weighted by Gasteiger charge is 2.24. The summed E-state index contributed by atoms with van der Waals surface area (Å²) in [7, 11) is 0. The second-order valence-electron chi connectivity index (χ2n) is 3.50. The summed E-state index contributed by atoms with van der Waals surface area (Å²) in [6.07, 6.45) is 3.60. The summed E-state index contributed by atoms with van der Waals surface area (Å²) in [5, 5.41) is 10.8. The number of piperidine rings is 1. The first-order valence-corrected chi connectivity index (χ1v) is 4.58.